The molecule has 7 heteroatoms. The van der Waals surface area contributed by atoms with Crippen molar-refractivity contribution in [2.24, 2.45) is 11.7 Å². The molecule has 33 heavy (non-hydrogen) atoms. The Morgan fingerprint density at radius 1 is 0.636 bits per heavy atom. The fourth-order valence-electron chi connectivity index (χ4n) is 4.59. The molecule has 0 heterocycles. The van der Waals surface area contributed by atoms with E-state index in [1.54, 1.807) is 21.3 Å². The van der Waals surface area contributed by atoms with Crippen LogP contribution in [-0.2, 0) is 13.3 Å². The van der Waals surface area contributed by atoms with Gasteiger partial charge in [-0.3, -0.25) is 0 Å². The second-order valence-corrected chi connectivity index (χ2v) is 13.2. The van der Waals surface area contributed by atoms with Crippen molar-refractivity contribution >= 4 is 32.2 Å². The molecule has 0 aliphatic heterocycles. The predicted molar refractivity (Wildman–Crippen MR) is 156 cm³/mol. The number of unbranched alkanes of at least 4 members (excludes halogenated alkanes) is 13. The summed E-state index contributed by atoms with van der Waals surface area (Å²) in [6.45, 7) is 6.64. The first-order chi connectivity index (χ1) is 14.8. The Bertz CT molecular complexity index is 386. The molecule has 1 unspecified atom stereocenters. The molecule has 0 aromatic rings. The minimum absolute atomic E-state index is 0. The fourth-order valence-corrected chi connectivity index (χ4v) is 6.34. The molecule has 0 rings (SSSR count). The number of rotatable bonds is 23. The third kappa shape index (κ3) is 20.5. The lowest BCUT2D eigenvalue weighted by Crippen LogP contribution is -2.44. The lowest BCUT2D eigenvalue weighted by atomic mass is 9.81. The molecule has 4 nitrogen and oxygen atoms in total. The average molecular weight is 528 g/mol. The highest BCUT2D eigenvalue weighted by Gasteiger charge is 2.37. The van der Waals surface area contributed by atoms with Gasteiger partial charge in [0.05, 0.1) is 0 Å². The zero-order valence-electron chi connectivity index (χ0n) is 22.5. The van der Waals surface area contributed by atoms with Crippen molar-refractivity contribution in [3.05, 3.63) is 0 Å². The maximum absolute atomic E-state index is 6.50. The van der Waals surface area contributed by atoms with Gasteiger partial charge < -0.3 is 19.0 Å². The summed E-state index contributed by atoms with van der Waals surface area (Å²) in [5.41, 5.74) is 6.37. The van der Waals surface area contributed by atoms with Crippen LogP contribution in [0.2, 0.25) is 6.04 Å². The summed E-state index contributed by atoms with van der Waals surface area (Å²) < 4.78 is 16.7. The standard InChI is InChI=1S/C26H57NO3Si.ClH.H4Si/c1-7-8-9-10-11-12-13-14-15-16-17-18-19-20-22-25(26(2,3)27)23-21-24-31(28-4,29-5)30-6;;/h25H,7-24,27H2,1-6H3;1H;1H4. The monoisotopic (exact) mass is 527 g/mol. The van der Waals surface area contributed by atoms with Crippen molar-refractivity contribution in [2.45, 2.75) is 142 Å². The minimum Gasteiger partial charge on any atom is -0.377 e. The first-order valence-electron chi connectivity index (χ1n) is 13.3. The highest BCUT2D eigenvalue weighted by atomic mass is 35.5. The van der Waals surface area contributed by atoms with Gasteiger partial charge in [-0.1, -0.05) is 96.8 Å². The first-order valence-corrected chi connectivity index (χ1v) is 15.2. The second kappa shape index (κ2) is 24.3. The van der Waals surface area contributed by atoms with Crippen LogP contribution >= 0.6 is 12.4 Å². The molecule has 2 N–H and O–H groups in total. The Labute approximate surface area is 219 Å². The molecule has 0 bridgehead atoms. The van der Waals surface area contributed by atoms with Gasteiger partial charge in [0.15, 0.2) is 0 Å². The van der Waals surface area contributed by atoms with Crippen LogP contribution in [0.5, 0.6) is 0 Å². The van der Waals surface area contributed by atoms with Gasteiger partial charge in [-0.2, -0.15) is 0 Å². The number of hydrogen-bond acceptors (Lipinski definition) is 4. The van der Waals surface area contributed by atoms with Crippen molar-refractivity contribution in [2.75, 3.05) is 21.3 Å². The summed E-state index contributed by atoms with van der Waals surface area (Å²) in [6, 6.07) is 0.863. The van der Waals surface area contributed by atoms with Crippen molar-refractivity contribution in [3.63, 3.8) is 0 Å². The Kier molecular flexibility index (Phi) is 28.0. The zero-order valence-corrected chi connectivity index (χ0v) is 24.3. The summed E-state index contributed by atoms with van der Waals surface area (Å²) in [7, 11) is 2.62. The van der Waals surface area contributed by atoms with Crippen molar-refractivity contribution < 1.29 is 13.3 Å². The van der Waals surface area contributed by atoms with E-state index in [-0.39, 0.29) is 28.9 Å². The SMILES string of the molecule is CCCCCCCCCCCCCCCCC(CCC[Si](OC)(OC)OC)C(C)(C)N.Cl.[SiH4]. The van der Waals surface area contributed by atoms with Gasteiger partial charge in [-0.05, 0) is 50.0 Å². The van der Waals surface area contributed by atoms with Crippen molar-refractivity contribution in [1.82, 2.24) is 0 Å². The molecule has 0 saturated carbocycles. The number of hydrogen-bond donors (Lipinski definition) is 1. The van der Waals surface area contributed by atoms with E-state index in [1.807, 2.05) is 0 Å². The topological polar surface area (TPSA) is 53.7 Å². The fraction of sp³-hybridized carbons (Fsp3) is 1.00. The summed E-state index contributed by atoms with van der Waals surface area (Å²) in [6.07, 6.45) is 23.1. The molecule has 1 atom stereocenters. The van der Waals surface area contributed by atoms with E-state index >= 15 is 0 Å². The van der Waals surface area contributed by atoms with E-state index in [0.29, 0.717) is 5.92 Å². The molecule has 0 aromatic carbocycles. The van der Waals surface area contributed by atoms with Gasteiger partial charge >= 0.3 is 8.80 Å². The van der Waals surface area contributed by atoms with Crippen LogP contribution in [0.25, 0.3) is 0 Å². The van der Waals surface area contributed by atoms with Crippen LogP contribution in [0.4, 0.5) is 0 Å². The van der Waals surface area contributed by atoms with Crippen LogP contribution in [-0.4, -0.2) is 46.6 Å². The third-order valence-electron chi connectivity index (χ3n) is 6.93. The second-order valence-electron chi connectivity index (χ2n) is 10.1. The molecule has 0 aliphatic rings. The number of halogens is 1. The van der Waals surface area contributed by atoms with E-state index in [0.717, 1.165) is 18.9 Å². The maximum Gasteiger partial charge on any atom is 0.500 e. The summed E-state index contributed by atoms with van der Waals surface area (Å²) >= 11 is 0. The zero-order chi connectivity index (χ0) is 23.4. The molecule has 0 spiro atoms. The average Bonchev–Trinajstić information content (AvgIpc) is 2.75. The van der Waals surface area contributed by atoms with Gasteiger partial charge in [-0.15, -0.1) is 12.4 Å². The Morgan fingerprint density at radius 2 is 0.970 bits per heavy atom. The van der Waals surface area contributed by atoms with Gasteiger partial charge in [0.2, 0.25) is 0 Å². The molecule has 0 saturated heterocycles. The van der Waals surface area contributed by atoms with E-state index in [1.165, 1.54) is 96.3 Å². The minimum atomic E-state index is -2.46. The van der Waals surface area contributed by atoms with E-state index in [9.17, 15) is 0 Å². The molecule has 0 amide bonds. The largest absolute Gasteiger partial charge is 0.500 e. The molecule has 204 valence electrons. The van der Waals surface area contributed by atoms with Crippen LogP contribution in [0.1, 0.15) is 130 Å². The Hall–Kier alpha value is 0.564. The lowest BCUT2D eigenvalue weighted by molar-refractivity contribution is 0.121. The molecule has 0 aliphatic carbocycles. The molecule has 0 radical (unpaired) electrons. The predicted octanol–water partition coefficient (Wildman–Crippen LogP) is 6.84. The van der Waals surface area contributed by atoms with Crippen molar-refractivity contribution in [1.29, 1.82) is 0 Å². The van der Waals surface area contributed by atoms with E-state index in [4.69, 9.17) is 19.0 Å². The van der Waals surface area contributed by atoms with Gasteiger partial charge in [-0.25, -0.2) is 0 Å². The third-order valence-corrected chi connectivity index (χ3v) is 9.76. The molecular formula is C26H62ClNO3Si2. The summed E-state index contributed by atoms with van der Waals surface area (Å²) in [5.74, 6) is 0.544. The summed E-state index contributed by atoms with van der Waals surface area (Å²) in [4.78, 5) is 0. The Balaban J connectivity index is -0.00000450. The van der Waals surface area contributed by atoms with E-state index < -0.39 is 8.80 Å². The lowest BCUT2D eigenvalue weighted by Gasteiger charge is -2.32. The number of nitrogens with two attached hydrogens (primary N) is 1. The van der Waals surface area contributed by atoms with Crippen LogP contribution in [0, 0.1) is 5.92 Å². The molecule has 0 aromatic heterocycles. The summed E-state index contributed by atoms with van der Waals surface area (Å²) in [5, 5.41) is 0. The molecule has 0 fully saturated rings. The Morgan fingerprint density at radius 3 is 1.30 bits per heavy atom. The highest BCUT2D eigenvalue weighted by molar-refractivity contribution is 6.60. The van der Waals surface area contributed by atoms with Gasteiger partial charge in [0, 0.05) is 32.9 Å². The van der Waals surface area contributed by atoms with Crippen molar-refractivity contribution in [3.8, 4) is 0 Å². The smallest absolute Gasteiger partial charge is 0.377 e. The van der Waals surface area contributed by atoms with Gasteiger partial charge in [0.1, 0.15) is 0 Å². The van der Waals surface area contributed by atoms with Crippen LogP contribution < -0.4 is 5.73 Å². The van der Waals surface area contributed by atoms with Gasteiger partial charge in [0.25, 0.3) is 0 Å². The molecular weight excluding hydrogens is 466 g/mol. The van der Waals surface area contributed by atoms with Crippen LogP contribution in [0.15, 0.2) is 0 Å². The van der Waals surface area contributed by atoms with E-state index in [2.05, 4.69) is 20.8 Å². The quantitative estimate of drug-likeness (QED) is 0.117. The first kappa shape index (κ1) is 38.1. The normalized spacial score (nSPS) is 12.8. The van der Waals surface area contributed by atoms with Crippen LogP contribution in [0.3, 0.4) is 0 Å². The highest BCUT2D eigenvalue weighted by Crippen LogP contribution is 2.28. The maximum atomic E-state index is 6.50.